The summed E-state index contributed by atoms with van der Waals surface area (Å²) in [6.45, 7) is 0. The van der Waals surface area contributed by atoms with Crippen molar-refractivity contribution >= 4 is 33.6 Å². The van der Waals surface area contributed by atoms with Crippen molar-refractivity contribution in [3.05, 3.63) is 34.3 Å². The normalized spacial score (nSPS) is 13.9. The molecule has 0 aliphatic carbocycles. The van der Waals surface area contributed by atoms with Gasteiger partial charge >= 0.3 is 6.09 Å². The predicted molar refractivity (Wildman–Crippen MR) is 72.9 cm³/mol. The number of ether oxygens (including phenoxy) is 1. The second kappa shape index (κ2) is 5.77. The van der Waals surface area contributed by atoms with Crippen LogP contribution in [0, 0.1) is 0 Å². The fourth-order valence-corrected chi connectivity index (χ4v) is 2.06. The van der Waals surface area contributed by atoms with Crippen LogP contribution in [0.4, 0.5) is 4.79 Å². The Bertz CT molecular complexity index is 526. The number of methoxy groups -OCH3 is 1. The summed E-state index contributed by atoms with van der Waals surface area (Å²) in [5.74, 6) is 0.520. The van der Waals surface area contributed by atoms with Gasteiger partial charge in [-0.2, -0.15) is 5.10 Å². The maximum absolute atomic E-state index is 11.0. The number of amides is 1. The maximum atomic E-state index is 11.0. The predicted octanol–water partition coefficient (Wildman–Crippen LogP) is 2.51. The minimum absolute atomic E-state index is 0.520. The first-order valence-electron chi connectivity index (χ1n) is 5.39. The van der Waals surface area contributed by atoms with Gasteiger partial charge in [-0.25, -0.2) is 4.79 Å². The molecule has 0 unspecified atom stereocenters. The Balaban J connectivity index is 1.90. The van der Waals surface area contributed by atoms with Crippen LogP contribution in [0.25, 0.3) is 0 Å². The summed E-state index contributed by atoms with van der Waals surface area (Å²) in [5, 5.41) is 10.5. The van der Waals surface area contributed by atoms with Crippen LogP contribution in [0.5, 0.6) is 0 Å². The first kappa shape index (κ1) is 12.8. The molecule has 6 heteroatoms. The lowest BCUT2D eigenvalue weighted by atomic mass is 10.1. The number of alkyl carbamates (subject to hydrolysis) is 1. The monoisotopic (exact) mass is 309 g/mol. The van der Waals surface area contributed by atoms with Gasteiger partial charge in [-0.15, -0.1) is 5.10 Å². The number of carbonyl (C=O) groups excluding carboxylic acids is 1. The van der Waals surface area contributed by atoms with Crippen LogP contribution in [0.3, 0.4) is 0 Å². The van der Waals surface area contributed by atoms with E-state index >= 15 is 0 Å². The molecule has 0 aromatic heterocycles. The first-order valence-corrected chi connectivity index (χ1v) is 6.18. The van der Waals surface area contributed by atoms with E-state index in [1.54, 1.807) is 0 Å². The second-order valence-electron chi connectivity index (χ2n) is 3.81. The van der Waals surface area contributed by atoms with Crippen molar-refractivity contribution in [2.75, 3.05) is 7.11 Å². The molecule has 0 saturated heterocycles. The Kier molecular flexibility index (Phi) is 4.09. The summed E-state index contributed by atoms with van der Waals surface area (Å²) in [6, 6.07) is 8.01. The molecule has 0 radical (unpaired) electrons. The molecule has 1 aliphatic rings. The Hall–Kier alpha value is -1.69. The van der Waals surface area contributed by atoms with Crippen LogP contribution in [0.1, 0.15) is 12.0 Å². The summed E-state index contributed by atoms with van der Waals surface area (Å²) in [4.78, 5) is 11.0. The maximum Gasteiger partial charge on any atom is 0.412 e. The molecule has 0 bridgehead atoms. The third kappa shape index (κ3) is 3.40. The summed E-state index contributed by atoms with van der Waals surface area (Å²) >= 11 is 3.42. The third-order valence-electron chi connectivity index (χ3n) is 2.41. The van der Waals surface area contributed by atoms with Crippen molar-refractivity contribution in [2.24, 2.45) is 10.2 Å². The van der Waals surface area contributed by atoms with Crippen LogP contribution in [0.15, 0.2) is 38.9 Å². The molecule has 1 aromatic carbocycles. The highest BCUT2D eigenvalue weighted by molar-refractivity contribution is 9.10. The summed E-state index contributed by atoms with van der Waals surface area (Å²) in [7, 11) is 1.31. The molecule has 0 fully saturated rings. The fourth-order valence-electron chi connectivity index (χ4n) is 1.61. The van der Waals surface area contributed by atoms with E-state index in [2.05, 4.69) is 36.2 Å². The standard InChI is InChI=1S/C12H12BrN3O2/c1-18-12(17)14-11-7-10(15-16-11)6-8-3-2-4-9(13)5-8/h2-5H,6-7H2,1H3,(H,14,16,17). The van der Waals surface area contributed by atoms with Gasteiger partial charge in [-0.1, -0.05) is 28.1 Å². The second-order valence-corrected chi connectivity index (χ2v) is 4.73. The number of amidine groups is 1. The average Bonchev–Trinajstić information content (AvgIpc) is 2.76. The van der Waals surface area contributed by atoms with Crippen LogP contribution in [-0.4, -0.2) is 24.8 Å². The molecule has 1 aliphatic heterocycles. The van der Waals surface area contributed by atoms with Gasteiger partial charge < -0.3 is 4.74 Å². The molecule has 94 valence electrons. The smallest absolute Gasteiger partial charge is 0.412 e. The highest BCUT2D eigenvalue weighted by Crippen LogP contribution is 2.14. The van der Waals surface area contributed by atoms with E-state index in [0.29, 0.717) is 12.3 Å². The number of carbonyl (C=O) groups is 1. The van der Waals surface area contributed by atoms with Crippen molar-refractivity contribution in [1.82, 2.24) is 5.32 Å². The number of nitrogens with zero attached hydrogens (tertiary/aromatic N) is 2. The Morgan fingerprint density at radius 3 is 3.06 bits per heavy atom. The summed E-state index contributed by atoms with van der Waals surface area (Å²) < 4.78 is 5.53. The Labute approximate surface area is 113 Å². The number of rotatable bonds is 2. The van der Waals surface area contributed by atoms with Gasteiger partial charge in [-0.3, -0.25) is 5.32 Å². The van der Waals surface area contributed by atoms with Crippen LogP contribution in [0.2, 0.25) is 0 Å². The SMILES string of the molecule is COC(=O)NC1=NN=C(Cc2cccc(Br)c2)C1. The Morgan fingerprint density at radius 1 is 1.50 bits per heavy atom. The van der Waals surface area contributed by atoms with Gasteiger partial charge in [-0.05, 0) is 17.7 Å². The molecule has 5 nitrogen and oxygen atoms in total. The number of nitrogens with one attached hydrogen (secondary N) is 1. The first-order chi connectivity index (χ1) is 8.67. The lowest BCUT2D eigenvalue weighted by Crippen LogP contribution is -2.30. The van der Waals surface area contributed by atoms with Crippen molar-refractivity contribution in [1.29, 1.82) is 0 Å². The molecular weight excluding hydrogens is 298 g/mol. The summed E-state index contributed by atoms with van der Waals surface area (Å²) in [6.07, 6.45) is 0.740. The van der Waals surface area contributed by atoms with E-state index in [-0.39, 0.29) is 0 Å². The van der Waals surface area contributed by atoms with Crippen LogP contribution >= 0.6 is 15.9 Å². The highest BCUT2D eigenvalue weighted by Gasteiger charge is 2.15. The number of hydrogen-bond acceptors (Lipinski definition) is 4. The van der Waals surface area contributed by atoms with Crippen LogP contribution < -0.4 is 5.32 Å². The molecule has 2 rings (SSSR count). The zero-order chi connectivity index (χ0) is 13.0. The van der Waals surface area contributed by atoms with Crippen molar-refractivity contribution in [3.8, 4) is 0 Å². The molecule has 0 atom stereocenters. The van der Waals surface area contributed by atoms with E-state index < -0.39 is 6.09 Å². The zero-order valence-corrected chi connectivity index (χ0v) is 11.4. The third-order valence-corrected chi connectivity index (χ3v) is 2.91. The van der Waals surface area contributed by atoms with E-state index in [1.807, 2.05) is 24.3 Å². The Morgan fingerprint density at radius 2 is 2.33 bits per heavy atom. The lowest BCUT2D eigenvalue weighted by molar-refractivity contribution is 0.176. The van der Waals surface area contributed by atoms with Gasteiger partial charge in [0.15, 0.2) is 0 Å². The van der Waals surface area contributed by atoms with Crippen molar-refractivity contribution in [3.63, 3.8) is 0 Å². The lowest BCUT2D eigenvalue weighted by Gasteiger charge is -2.03. The van der Waals surface area contributed by atoms with E-state index in [1.165, 1.54) is 7.11 Å². The zero-order valence-electron chi connectivity index (χ0n) is 9.81. The molecule has 0 saturated carbocycles. The van der Waals surface area contributed by atoms with Gasteiger partial charge in [0.1, 0.15) is 5.84 Å². The molecule has 18 heavy (non-hydrogen) atoms. The highest BCUT2D eigenvalue weighted by atomic mass is 79.9. The number of hydrogen-bond donors (Lipinski definition) is 1. The van der Waals surface area contributed by atoms with E-state index in [9.17, 15) is 4.79 Å². The van der Waals surface area contributed by atoms with E-state index in [0.717, 1.165) is 22.2 Å². The number of halogens is 1. The average molecular weight is 310 g/mol. The minimum Gasteiger partial charge on any atom is -0.453 e. The molecule has 1 aromatic rings. The minimum atomic E-state index is -0.521. The molecule has 1 N–H and O–H groups in total. The molecular formula is C12H12BrN3O2. The van der Waals surface area contributed by atoms with Crippen molar-refractivity contribution < 1.29 is 9.53 Å². The molecule has 1 amide bonds. The topological polar surface area (TPSA) is 63.0 Å². The number of benzene rings is 1. The summed E-state index contributed by atoms with van der Waals surface area (Å²) in [5.41, 5.74) is 2.07. The van der Waals surface area contributed by atoms with E-state index in [4.69, 9.17) is 0 Å². The van der Waals surface area contributed by atoms with Gasteiger partial charge in [0.2, 0.25) is 0 Å². The van der Waals surface area contributed by atoms with Gasteiger partial charge in [0.25, 0.3) is 0 Å². The largest absolute Gasteiger partial charge is 0.453 e. The quantitative estimate of drug-likeness (QED) is 0.912. The van der Waals surface area contributed by atoms with Crippen molar-refractivity contribution in [2.45, 2.75) is 12.8 Å². The molecule has 1 heterocycles. The van der Waals surface area contributed by atoms with Gasteiger partial charge in [0.05, 0.1) is 12.8 Å². The van der Waals surface area contributed by atoms with Crippen LogP contribution in [-0.2, 0) is 11.2 Å². The fraction of sp³-hybridized carbons (Fsp3) is 0.250. The van der Waals surface area contributed by atoms with Gasteiger partial charge in [0, 0.05) is 17.3 Å². The molecule has 0 spiro atoms.